The molecule has 1 heterocycles. The van der Waals surface area contributed by atoms with Crippen LogP contribution in [0.15, 0.2) is 16.5 Å². The maximum atomic E-state index is 9.52. The van der Waals surface area contributed by atoms with Gasteiger partial charge in [0.25, 0.3) is 0 Å². The summed E-state index contributed by atoms with van der Waals surface area (Å²) in [5, 5.41) is 9.52. The van der Waals surface area contributed by atoms with Crippen molar-refractivity contribution in [1.82, 2.24) is 0 Å². The molecular weight excluding hydrogens is 208 g/mol. The Balaban J connectivity index is 2.20. The van der Waals surface area contributed by atoms with Gasteiger partial charge in [0.05, 0.1) is 11.4 Å². The molecule has 0 amide bonds. The molecule has 2 nitrogen and oxygen atoms in total. The minimum absolute atomic E-state index is 0.551. The molecule has 1 aromatic heterocycles. The molecule has 15 heavy (non-hydrogen) atoms. The fourth-order valence-electron chi connectivity index (χ4n) is 1.18. The van der Waals surface area contributed by atoms with Gasteiger partial charge in [0.1, 0.15) is 11.5 Å². The van der Waals surface area contributed by atoms with Gasteiger partial charge in [0.2, 0.25) is 0 Å². The van der Waals surface area contributed by atoms with Crippen molar-refractivity contribution >= 4 is 11.8 Å². The highest BCUT2D eigenvalue weighted by molar-refractivity contribution is 7.98. The minimum Gasteiger partial charge on any atom is -0.465 e. The smallest absolute Gasteiger partial charge is 0.114 e. The third-order valence-electron chi connectivity index (χ3n) is 2.17. The Hall–Kier alpha value is -0.410. The SMILES string of the molecule is CCc1ccc(CSCCC(C)(C)O)o1. The molecule has 0 aliphatic rings. The van der Waals surface area contributed by atoms with Gasteiger partial charge in [-0.15, -0.1) is 0 Å². The van der Waals surface area contributed by atoms with E-state index in [0.717, 1.165) is 35.9 Å². The molecule has 3 heteroatoms. The van der Waals surface area contributed by atoms with Crippen LogP contribution < -0.4 is 0 Å². The van der Waals surface area contributed by atoms with Gasteiger partial charge in [-0.05, 0) is 38.2 Å². The number of aliphatic hydroxyl groups is 1. The molecule has 1 N–H and O–H groups in total. The molecule has 0 unspecified atom stereocenters. The number of thioether (sulfide) groups is 1. The monoisotopic (exact) mass is 228 g/mol. The summed E-state index contributed by atoms with van der Waals surface area (Å²) >= 11 is 1.80. The summed E-state index contributed by atoms with van der Waals surface area (Å²) < 4.78 is 5.58. The Kier molecular flexibility index (Phi) is 4.74. The Morgan fingerprint density at radius 2 is 2.00 bits per heavy atom. The summed E-state index contributed by atoms with van der Waals surface area (Å²) in [4.78, 5) is 0. The van der Waals surface area contributed by atoms with Crippen molar-refractivity contribution in [2.75, 3.05) is 5.75 Å². The van der Waals surface area contributed by atoms with Crippen molar-refractivity contribution < 1.29 is 9.52 Å². The normalized spacial score (nSPS) is 12.0. The second-order valence-corrected chi connectivity index (χ2v) is 5.44. The summed E-state index contributed by atoms with van der Waals surface area (Å²) in [5.41, 5.74) is -0.551. The van der Waals surface area contributed by atoms with Crippen LogP contribution in [0.3, 0.4) is 0 Å². The second kappa shape index (κ2) is 5.61. The van der Waals surface area contributed by atoms with E-state index >= 15 is 0 Å². The summed E-state index contributed by atoms with van der Waals surface area (Å²) in [6.45, 7) is 5.77. The Morgan fingerprint density at radius 3 is 2.53 bits per heavy atom. The van der Waals surface area contributed by atoms with Crippen LogP contribution in [0.4, 0.5) is 0 Å². The van der Waals surface area contributed by atoms with Crippen LogP contribution in [0.1, 0.15) is 38.7 Å². The van der Waals surface area contributed by atoms with Gasteiger partial charge in [-0.3, -0.25) is 0 Å². The zero-order chi connectivity index (χ0) is 11.3. The molecule has 0 aliphatic heterocycles. The summed E-state index contributed by atoms with van der Waals surface area (Å²) in [6.07, 6.45) is 1.77. The van der Waals surface area contributed by atoms with Gasteiger partial charge in [-0.1, -0.05) is 6.92 Å². The van der Waals surface area contributed by atoms with E-state index in [2.05, 4.69) is 6.92 Å². The van der Waals surface area contributed by atoms with E-state index in [0.29, 0.717) is 0 Å². The number of aryl methyl sites for hydroxylation is 1. The molecule has 86 valence electrons. The second-order valence-electron chi connectivity index (χ2n) is 4.34. The van der Waals surface area contributed by atoms with E-state index in [4.69, 9.17) is 4.42 Å². The molecule has 0 spiro atoms. The average Bonchev–Trinajstić information content (AvgIpc) is 2.59. The fourth-order valence-corrected chi connectivity index (χ4v) is 2.33. The Labute approximate surface area is 96.1 Å². The van der Waals surface area contributed by atoms with Crippen LogP contribution in [0.5, 0.6) is 0 Å². The van der Waals surface area contributed by atoms with Crippen molar-refractivity contribution in [2.45, 2.75) is 45.0 Å². The summed E-state index contributed by atoms with van der Waals surface area (Å²) in [5.74, 6) is 3.95. The van der Waals surface area contributed by atoms with E-state index in [-0.39, 0.29) is 0 Å². The molecule has 0 aromatic carbocycles. The maximum absolute atomic E-state index is 9.52. The lowest BCUT2D eigenvalue weighted by molar-refractivity contribution is 0.0777. The van der Waals surface area contributed by atoms with E-state index in [9.17, 15) is 5.11 Å². The number of hydrogen-bond acceptors (Lipinski definition) is 3. The zero-order valence-corrected chi connectivity index (χ0v) is 10.6. The van der Waals surface area contributed by atoms with Gasteiger partial charge in [0.15, 0.2) is 0 Å². The molecule has 1 aromatic rings. The quantitative estimate of drug-likeness (QED) is 0.759. The highest BCUT2D eigenvalue weighted by Gasteiger charge is 2.11. The topological polar surface area (TPSA) is 33.4 Å². The standard InChI is InChI=1S/C12H20O2S/c1-4-10-5-6-11(14-10)9-15-8-7-12(2,3)13/h5-6,13H,4,7-9H2,1-3H3. The fraction of sp³-hybridized carbons (Fsp3) is 0.667. The first-order valence-electron chi connectivity index (χ1n) is 5.39. The molecule has 1 rings (SSSR count). The van der Waals surface area contributed by atoms with Gasteiger partial charge in [-0.2, -0.15) is 11.8 Å². The molecule has 0 fully saturated rings. The van der Waals surface area contributed by atoms with Crippen molar-refractivity contribution in [1.29, 1.82) is 0 Å². The Morgan fingerprint density at radius 1 is 1.33 bits per heavy atom. The highest BCUT2D eigenvalue weighted by atomic mass is 32.2. The average molecular weight is 228 g/mol. The molecular formula is C12H20O2S. The predicted molar refractivity (Wildman–Crippen MR) is 65.2 cm³/mol. The van der Waals surface area contributed by atoms with E-state index in [1.165, 1.54) is 0 Å². The number of rotatable bonds is 6. The predicted octanol–water partition coefficient (Wildman–Crippen LogP) is 3.24. The van der Waals surface area contributed by atoms with Crippen LogP contribution in [0, 0.1) is 0 Å². The lowest BCUT2D eigenvalue weighted by atomic mass is 10.1. The molecule has 0 bridgehead atoms. The summed E-state index contributed by atoms with van der Waals surface area (Å²) in [6, 6.07) is 4.07. The third-order valence-corrected chi connectivity index (χ3v) is 3.15. The van der Waals surface area contributed by atoms with E-state index < -0.39 is 5.60 Å². The van der Waals surface area contributed by atoms with Gasteiger partial charge < -0.3 is 9.52 Å². The van der Waals surface area contributed by atoms with Crippen molar-refractivity contribution in [3.63, 3.8) is 0 Å². The first kappa shape index (κ1) is 12.7. The number of hydrogen-bond donors (Lipinski definition) is 1. The van der Waals surface area contributed by atoms with Gasteiger partial charge in [-0.25, -0.2) is 0 Å². The lowest BCUT2D eigenvalue weighted by Crippen LogP contribution is -2.19. The van der Waals surface area contributed by atoms with E-state index in [1.807, 2.05) is 26.0 Å². The maximum Gasteiger partial charge on any atom is 0.114 e. The largest absolute Gasteiger partial charge is 0.465 e. The van der Waals surface area contributed by atoms with Crippen molar-refractivity contribution in [2.24, 2.45) is 0 Å². The van der Waals surface area contributed by atoms with Crippen LogP contribution in [0.2, 0.25) is 0 Å². The van der Waals surface area contributed by atoms with Gasteiger partial charge in [0, 0.05) is 6.42 Å². The third kappa shape index (κ3) is 5.28. The molecule has 0 radical (unpaired) electrons. The lowest BCUT2D eigenvalue weighted by Gasteiger charge is -2.15. The minimum atomic E-state index is -0.551. The molecule has 0 atom stereocenters. The first-order valence-corrected chi connectivity index (χ1v) is 6.54. The first-order chi connectivity index (χ1) is 7.01. The molecule has 0 saturated heterocycles. The van der Waals surface area contributed by atoms with Crippen LogP contribution >= 0.6 is 11.8 Å². The highest BCUT2D eigenvalue weighted by Crippen LogP contribution is 2.19. The van der Waals surface area contributed by atoms with Crippen LogP contribution in [-0.2, 0) is 12.2 Å². The molecule has 0 saturated carbocycles. The summed E-state index contributed by atoms with van der Waals surface area (Å²) in [7, 11) is 0. The molecule has 0 aliphatic carbocycles. The van der Waals surface area contributed by atoms with E-state index in [1.54, 1.807) is 11.8 Å². The van der Waals surface area contributed by atoms with Crippen LogP contribution in [-0.4, -0.2) is 16.5 Å². The van der Waals surface area contributed by atoms with Gasteiger partial charge >= 0.3 is 0 Å². The number of furan rings is 1. The van der Waals surface area contributed by atoms with Crippen molar-refractivity contribution in [3.05, 3.63) is 23.7 Å². The Bertz CT molecular complexity index is 286. The van der Waals surface area contributed by atoms with Crippen molar-refractivity contribution in [3.8, 4) is 0 Å². The van der Waals surface area contributed by atoms with Crippen LogP contribution in [0.25, 0.3) is 0 Å². The zero-order valence-electron chi connectivity index (χ0n) is 9.75.